The molecule has 11 nitrogen and oxygen atoms in total. The minimum atomic E-state index is -0.403. The Labute approximate surface area is 206 Å². The number of hydrogen-bond donors (Lipinski definition) is 2. The first-order chi connectivity index (χ1) is 17.6. The zero-order chi connectivity index (χ0) is 24.6. The number of anilines is 2. The van der Waals surface area contributed by atoms with Crippen LogP contribution >= 0.6 is 0 Å². The second-order valence-electron chi connectivity index (χ2n) is 8.89. The monoisotopic (exact) mass is 491 g/mol. The van der Waals surface area contributed by atoms with Gasteiger partial charge in [-0.1, -0.05) is 0 Å². The molecule has 2 amide bonds. The van der Waals surface area contributed by atoms with Crippen LogP contribution in [0.2, 0.25) is 0 Å². The van der Waals surface area contributed by atoms with Gasteiger partial charge < -0.3 is 29.6 Å². The fourth-order valence-corrected chi connectivity index (χ4v) is 4.71. The van der Waals surface area contributed by atoms with Crippen molar-refractivity contribution in [1.29, 1.82) is 0 Å². The van der Waals surface area contributed by atoms with Crippen LogP contribution in [0.1, 0.15) is 12.0 Å². The zero-order valence-electron chi connectivity index (χ0n) is 19.7. The van der Waals surface area contributed by atoms with Gasteiger partial charge in [0.2, 0.25) is 5.88 Å². The van der Waals surface area contributed by atoms with Crippen molar-refractivity contribution in [2.75, 3.05) is 43.6 Å². The van der Waals surface area contributed by atoms with Crippen molar-refractivity contribution in [3.8, 4) is 17.4 Å². The smallest absolute Gasteiger partial charge is 0.414 e. The lowest BCUT2D eigenvalue weighted by Crippen LogP contribution is -2.32. The Morgan fingerprint density at radius 2 is 2.08 bits per heavy atom. The van der Waals surface area contributed by atoms with Crippen molar-refractivity contribution in [2.24, 2.45) is 0 Å². The van der Waals surface area contributed by atoms with Gasteiger partial charge in [-0.25, -0.2) is 9.78 Å². The van der Waals surface area contributed by atoms with Crippen LogP contribution in [0.15, 0.2) is 36.5 Å². The van der Waals surface area contributed by atoms with Gasteiger partial charge in [0.05, 0.1) is 36.6 Å². The summed E-state index contributed by atoms with van der Waals surface area (Å²) in [6.07, 6.45) is 2.47. The summed E-state index contributed by atoms with van der Waals surface area (Å²) < 4.78 is 22.3. The fourth-order valence-electron chi connectivity index (χ4n) is 4.71. The largest absolute Gasteiger partial charge is 0.487 e. The minimum absolute atomic E-state index is 0.00964. The topological polar surface area (TPSA) is 124 Å². The number of amides is 2. The van der Waals surface area contributed by atoms with Crippen molar-refractivity contribution < 1.29 is 28.5 Å². The van der Waals surface area contributed by atoms with E-state index in [1.807, 2.05) is 6.07 Å². The molecule has 1 saturated heterocycles. The molecule has 0 unspecified atom stereocenters. The summed E-state index contributed by atoms with van der Waals surface area (Å²) in [6, 6.07) is 8.96. The van der Waals surface area contributed by atoms with E-state index in [0.29, 0.717) is 49.1 Å². The van der Waals surface area contributed by atoms with Crippen molar-refractivity contribution in [3.05, 3.63) is 42.1 Å². The number of ether oxygens (including phenoxy) is 4. The molecule has 3 aromatic rings. The molecule has 1 fully saturated rings. The third-order valence-corrected chi connectivity index (χ3v) is 6.48. The number of fused-ring (bicyclic) bond motifs is 4. The Kier molecular flexibility index (Phi) is 5.68. The van der Waals surface area contributed by atoms with Crippen LogP contribution in [-0.4, -0.2) is 67.5 Å². The van der Waals surface area contributed by atoms with Gasteiger partial charge in [0, 0.05) is 30.3 Å². The number of cyclic esters (lactones) is 1. The van der Waals surface area contributed by atoms with E-state index in [1.54, 1.807) is 42.5 Å². The number of nitrogens with one attached hydrogen (secondary N) is 2. The van der Waals surface area contributed by atoms with E-state index in [1.165, 1.54) is 0 Å². The molecule has 5 heterocycles. The molecule has 0 bridgehead atoms. The highest BCUT2D eigenvalue weighted by molar-refractivity contribution is 5.97. The van der Waals surface area contributed by atoms with E-state index in [4.69, 9.17) is 18.9 Å². The van der Waals surface area contributed by atoms with Gasteiger partial charge in [-0.2, -0.15) is 0 Å². The van der Waals surface area contributed by atoms with Crippen LogP contribution < -0.4 is 29.7 Å². The Balaban J connectivity index is 1.01. The van der Waals surface area contributed by atoms with E-state index in [9.17, 15) is 9.59 Å². The highest BCUT2D eigenvalue weighted by atomic mass is 16.6. The van der Waals surface area contributed by atoms with Crippen LogP contribution in [0.3, 0.4) is 0 Å². The van der Waals surface area contributed by atoms with Crippen LogP contribution in [0.4, 0.5) is 16.2 Å². The lowest BCUT2D eigenvalue weighted by Gasteiger charge is -2.20. The van der Waals surface area contributed by atoms with Gasteiger partial charge in [-0.05, 0) is 37.2 Å². The van der Waals surface area contributed by atoms with Gasteiger partial charge in [-0.15, -0.1) is 0 Å². The molecule has 2 atom stereocenters. The van der Waals surface area contributed by atoms with Crippen molar-refractivity contribution >= 4 is 34.4 Å². The van der Waals surface area contributed by atoms with E-state index in [0.717, 1.165) is 28.8 Å². The molecule has 3 aliphatic heterocycles. The van der Waals surface area contributed by atoms with E-state index in [-0.39, 0.29) is 24.7 Å². The second kappa shape index (κ2) is 9.15. The predicted octanol–water partition coefficient (Wildman–Crippen LogP) is 2.28. The molecule has 36 heavy (non-hydrogen) atoms. The summed E-state index contributed by atoms with van der Waals surface area (Å²) in [5, 5.41) is 6.17. The Bertz CT molecular complexity index is 1350. The van der Waals surface area contributed by atoms with Crippen LogP contribution in [0.25, 0.3) is 11.0 Å². The molecule has 3 aliphatic rings. The quantitative estimate of drug-likeness (QED) is 0.479. The average molecular weight is 492 g/mol. The van der Waals surface area contributed by atoms with Gasteiger partial charge in [0.15, 0.2) is 6.61 Å². The normalized spacial score (nSPS) is 20.3. The lowest BCUT2D eigenvalue weighted by molar-refractivity contribution is -0.118. The van der Waals surface area contributed by atoms with Crippen molar-refractivity contribution in [2.45, 2.75) is 25.0 Å². The first-order valence-electron chi connectivity index (χ1n) is 11.8. The molecule has 0 aliphatic carbocycles. The summed E-state index contributed by atoms with van der Waals surface area (Å²) in [4.78, 5) is 34.6. The summed E-state index contributed by atoms with van der Waals surface area (Å²) in [5.74, 6) is 1.67. The van der Waals surface area contributed by atoms with Gasteiger partial charge in [-0.3, -0.25) is 14.7 Å². The van der Waals surface area contributed by atoms with Gasteiger partial charge >= 0.3 is 6.09 Å². The standard InChI is InChI=1S/C25H25N5O6/c1-33-23-5-3-18-24(29-23)17-9-16(35-21(17)11-27-18)10-26-7-6-15-12-30(25(32)36-15)14-2-4-20-19(8-14)28-22(31)13-34-20/h2-5,8,11,15-16,26H,6-7,9-10,12-13H2,1H3,(H,28,31)/t15-,16-/m1/s1. The van der Waals surface area contributed by atoms with Crippen LogP contribution in [0.5, 0.6) is 17.4 Å². The summed E-state index contributed by atoms with van der Waals surface area (Å²) >= 11 is 0. The maximum absolute atomic E-state index is 12.5. The van der Waals surface area contributed by atoms with Gasteiger partial charge in [0.1, 0.15) is 23.7 Å². The first-order valence-corrected chi connectivity index (χ1v) is 11.8. The predicted molar refractivity (Wildman–Crippen MR) is 130 cm³/mol. The zero-order valence-corrected chi connectivity index (χ0v) is 19.7. The first kappa shape index (κ1) is 22.4. The van der Waals surface area contributed by atoms with Crippen molar-refractivity contribution in [1.82, 2.24) is 15.3 Å². The molecule has 0 saturated carbocycles. The summed E-state index contributed by atoms with van der Waals surface area (Å²) in [6.45, 7) is 1.74. The Morgan fingerprint density at radius 1 is 1.17 bits per heavy atom. The number of carbonyl (C=O) groups excluding carboxylic acids is 2. The van der Waals surface area contributed by atoms with E-state index < -0.39 is 6.09 Å². The fraction of sp³-hybridized carbons (Fsp3) is 0.360. The van der Waals surface area contributed by atoms with Crippen LogP contribution in [0, 0.1) is 0 Å². The second-order valence-corrected chi connectivity index (χ2v) is 8.89. The van der Waals surface area contributed by atoms with Crippen LogP contribution in [-0.2, 0) is 16.0 Å². The van der Waals surface area contributed by atoms with Gasteiger partial charge in [0.25, 0.3) is 5.91 Å². The molecule has 0 spiro atoms. The Hall–Kier alpha value is -4.12. The SMILES string of the molecule is COc1ccc2ncc3c(c2n1)C[C@H](CNCC[C@@H]1CN(c2ccc4c(c2)NC(=O)CO4)C(=O)O1)O3. The molecular formula is C25H25N5O6. The number of benzene rings is 1. The van der Waals surface area contributed by atoms with E-state index in [2.05, 4.69) is 20.6 Å². The number of hydrogen-bond acceptors (Lipinski definition) is 9. The number of rotatable bonds is 7. The summed E-state index contributed by atoms with van der Waals surface area (Å²) in [5.41, 5.74) is 3.87. The summed E-state index contributed by atoms with van der Waals surface area (Å²) in [7, 11) is 1.59. The maximum Gasteiger partial charge on any atom is 0.414 e. The number of nitrogens with zero attached hydrogens (tertiary/aromatic N) is 3. The molecule has 2 N–H and O–H groups in total. The molecule has 2 aromatic heterocycles. The molecule has 186 valence electrons. The molecule has 6 rings (SSSR count). The lowest BCUT2D eigenvalue weighted by atomic mass is 10.1. The third kappa shape index (κ3) is 4.22. The maximum atomic E-state index is 12.5. The molecule has 11 heteroatoms. The number of carbonyl (C=O) groups is 2. The Morgan fingerprint density at radius 3 is 2.97 bits per heavy atom. The molecular weight excluding hydrogens is 466 g/mol. The third-order valence-electron chi connectivity index (χ3n) is 6.48. The average Bonchev–Trinajstić information content (AvgIpc) is 3.48. The number of pyridine rings is 2. The number of aromatic nitrogens is 2. The van der Waals surface area contributed by atoms with Crippen molar-refractivity contribution in [3.63, 3.8) is 0 Å². The highest BCUT2D eigenvalue weighted by Gasteiger charge is 2.33. The minimum Gasteiger partial charge on any atom is -0.487 e. The van der Waals surface area contributed by atoms with E-state index >= 15 is 0 Å². The number of methoxy groups -OCH3 is 1. The molecule has 0 radical (unpaired) electrons. The molecule has 1 aromatic carbocycles. The highest BCUT2D eigenvalue weighted by Crippen LogP contribution is 2.35.